The lowest BCUT2D eigenvalue weighted by Crippen LogP contribution is -2.22. The molecule has 0 unspecified atom stereocenters. The first-order valence-electron chi connectivity index (χ1n) is 7.45. The molecule has 0 aliphatic carbocycles. The van der Waals surface area contributed by atoms with Crippen LogP contribution in [-0.2, 0) is 0 Å². The Kier molecular flexibility index (Phi) is 3.70. The second-order valence-corrected chi connectivity index (χ2v) is 6.27. The smallest absolute Gasteiger partial charge is 0.268 e. The van der Waals surface area contributed by atoms with Gasteiger partial charge < -0.3 is 10.3 Å². The van der Waals surface area contributed by atoms with Crippen LogP contribution >= 0.6 is 15.9 Å². The molecule has 1 aliphatic rings. The summed E-state index contributed by atoms with van der Waals surface area (Å²) in [5.41, 5.74) is 9.35. The number of anilines is 1. The highest BCUT2D eigenvalue weighted by atomic mass is 79.9. The van der Waals surface area contributed by atoms with Crippen molar-refractivity contribution in [2.75, 3.05) is 12.0 Å². The fourth-order valence-corrected chi connectivity index (χ4v) is 3.09. The number of carbonyl (C=O) groups excluding carboxylic acids is 1. The molecule has 1 aromatic carbocycles. The minimum Gasteiger partial charge on any atom is -0.350 e. The number of nitrogens with one attached hydrogen (secondary N) is 4. The van der Waals surface area contributed by atoms with Crippen LogP contribution in [0.5, 0.6) is 0 Å². The van der Waals surface area contributed by atoms with Crippen LogP contribution in [0.4, 0.5) is 5.82 Å². The third-order valence-corrected chi connectivity index (χ3v) is 4.31. The number of halogens is 1. The van der Waals surface area contributed by atoms with Crippen molar-refractivity contribution < 1.29 is 4.79 Å². The summed E-state index contributed by atoms with van der Waals surface area (Å²) in [4.78, 5) is 19.8. The number of amides is 1. The van der Waals surface area contributed by atoms with E-state index in [-0.39, 0.29) is 5.91 Å². The maximum absolute atomic E-state index is 12.3. The first-order chi connectivity index (χ1) is 11.7. The van der Waals surface area contributed by atoms with Gasteiger partial charge in [-0.2, -0.15) is 0 Å². The minimum atomic E-state index is -0.122. The molecule has 0 fully saturated rings. The molecule has 0 saturated carbocycles. The highest BCUT2D eigenvalue weighted by molar-refractivity contribution is 9.10. The third kappa shape index (κ3) is 2.63. The SMILES string of the molecule is O=C1NCC=C(NNc2ccccn2)c2c1[nH]c1ccc(Br)cc21. The normalized spacial score (nSPS) is 13.7. The van der Waals surface area contributed by atoms with E-state index in [0.717, 1.165) is 26.6 Å². The molecule has 4 N–H and O–H groups in total. The molecule has 0 saturated heterocycles. The number of aromatic nitrogens is 2. The summed E-state index contributed by atoms with van der Waals surface area (Å²) >= 11 is 3.50. The van der Waals surface area contributed by atoms with Gasteiger partial charge in [-0.15, -0.1) is 0 Å². The summed E-state index contributed by atoms with van der Waals surface area (Å²) in [6.07, 6.45) is 3.65. The third-order valence-electron chi connectivity index (χ3n) is 3.82. The summed E-state index contributed by atoms with van der Waals surface area (Å²) in [5, 5.41) is 3.83. The van der Waals surface area contributed by atoms with Gasteiger partial charge >= 0.3 is 0 Å². The zero-order valence-electron chi connectivity index (χ0n) is 12.6. The second kappa shape index (κ2) is 6.01. The van der Waals surface area contributed by atoms with Crippen LogP contribution in [0.15, 0.2) is 53.1 Å². The lowest BCUT2D eigenvalue weighted by Gasteiger charge is -2.12. The predicted molar refractivity (Wildman–Crippen MR) is 97.3 cm³/mol. The molecule has 4 rings (SSSR count). The molecule has 120 valence electrons. The fourth-order valence-electron chi connectivity index (χ4n) is 2.73. The second-order valence-electron chi connectivity index (χ2n) is 5.36. The van der Waals surface area contributed by atoms with Gasteiger partial charge in [0.2, 0.25) is 0 Å². The van der Waals surface area contributed by atoms with E-state index < -0.39 is 0 Å². The first kappa shape index (κ1) is 14.8. The van der Waals surface area contributed by atoms with Gasteiger partial charge in [-0.3, -0.25) is 15.6 Å². The van der Waals surface area contributed by atoms with Gasteiger partial charge in [-0.05, 0) is 36.4 Å². The predicted octanol–water partition coefficient (Wildman–Crippen LogP) is 3.03. The Bertz CT molecular complexity index is 948. The number of nitrogens with zero attached hydrogens (tertiary/aromatic N) is 1. The Balaban J connectivity index is 1.77. The van der Waals surface area contributed by atoms with Crippen molar-refractivity contribution in [2.45, 2.75) is 0 Å². The fraction of sp³-hybridized carbons (Fsp3) is 0.0588. The van der Waals surface area contributed by atoms with Crippen LogP contribution in [0, 0.1) is 0 Å². The number of fused-ring (bicyclic) bond motifs is 3. The maximum Gasteiger partial charge on any atom is 0.268 e. The van der Waals surface area contributed by atoms with Gasteiger partial charge in [0, 0.05) is 33.7 Å². The summed E-state index contributed by atoms with van der Waals surface area (Å²) in [5.74, 6) is 0.577. The van der Waals surface area contributed by atoms with Gasteiger partial charge in [0.15, 0.2) is 0 Å². The topological polar surface area (TPSA) is 81.8 Å². The van der Waals surface area contributed by atoms with Crippen molar-refractivity contribution in [3.05, 3.63) is 64.4 Å². The summed E-state index contributed by atoms with van der Waals surface area (Å²) in [7, 11) is 0. The number of H-pyrrole nitrogens is 1. The van der Waals surface area contributed by atoms with Crippen LogP contribution < -0.4 is 16.2 Å². The number of benzene rings is 1. The van der Waals surface area contributed by atoms with E-state index in [1.807, 2.05) is 42.5 Å². The summed E-state index contributed by atoms with van der Waals surface area (Å²) in [6.45, 7) is 0.448. The van der Waals surface area contributed by atoms with Crippen molar-refractivity contribution in [3.8, 4) is 0 Å². The highest BCUT2D eigenvalue weighted by Crippen LogP contribution is 2.31. The Hall–Kier alpha value is -2.80. The van der Waals surface area contributed by atoms with E-state index in [9.17, 15) is 4.79 Å². The zero-order valence-corrected chi connectivity index (χ0v) is 14.1. The zero-order chi connectivity index (χ0) is 16.5. The van der Waals surface area contributed by atoms with Crippen LogP contribution in [-0.4, -0.2) is 22.4 Å². The molecule has 3 aromatic rings. The molecule has 0 atom stereocenters. The Labute approximate surface area is 146 Å². The average molecular weight is 384 g/mol. The number of carbonyl (C=O) groups is 1. The Morgan fingerprint density at radius 3 is 2.92 bits per heavy atom. The molecule has 1 amide bonds. The monoisotopic (exact) mass is 383 g/mol. The standard InChI is InChI=1S/C17H14BrN5O/c18-10-4-5-12-11(9-10)15-13(6-8-20-17(24)16(15)21-12)22-23-14-3-1-2-7-19-14/h1-7,9,21-22H,8H2,(H,19,23)(H,20,24). The van der Waals surface area contributed by atoms with Crippen LogP contribution in [0.25, 0.3) is 16.6 Å². The first-order valence-corrected chi connectivity index (χ1v) is 8.25. The van der Waals surface area contributed by atoms with Crippen molar-refractivity contribution in [2.24, 2.45) is 0 Å². The quantitative estimate of drug-likeness (QED) is 0.524. The number of aromatic amines is 1. The number of pyridine rings is 1. The Morgan fingerprint density at radius 2 is 2.08 bits per heavy atom. The van der Waals surface area contributed by atoms with E-state index >= 15 is 0 Å². The molecule has 0 radical (unpaired) electrons. The molecule has 1 aliphatic heterocycles. The molecule has 0 spiro atoms. The molecule has 24 heavy (non-hydrogen) atoms. The van der Waals surface area contributed by atoms with Crippen molar-refractivity contribution in [1.82, 2.24) is 20.7 Å². The van der Waals surface area contributed by atoms with E-state index in [4.69, 9.17) is 0 Å². The van der Waals surface area contributed by atoms with Gasteiger partial charge in [0.25, 0.3) is 5.91 Å². The van der Waals surface area contributed by atoms with E-state index in [0.29, 0.717) is 18.1 Å². The Morgan fingerprint density at radius 1 is 1.17 bits per heavy atom. The van der Waals surface area contributed by atoms with E-state index in [2.05, 4.69) is 42.1 Å². The highest BCUT2D eigenvalue weighted by Gasteiger charge is 2.23. The minimum absolute atomic E-state index is 0.122. The average Bonchev–Trinajstić information content (AvgIpc) is 2.89. The number of hydrogen-bond acceptors (Lipinski definition) is 4. The lowest BCUT2D eigenvalue weighted by atomic mass is 10.1. The molecule has 7 heteroatoms. The van der Waals surface area contributed by atoms with Crippen molar-refractivity contribution in [1.29, 1.82) is 0 Å². The van der Waals surface area contributed by atoms with Gasteiger partial charge in [0.05, 0.1) is 5.70 Å². The largest absolute Gasteiger partial charge is 0.350 e. The molecule has 6 nitrogen and oxygen atoms in total. The van der Waals surface area contributed by atoms with Gasteiger partial charge in [0.1, 0.15) is 11.5 Å². The molecular formula is C17H14BrN5O. The number of rotatable bonds is 3. The van der Waals surface area contributed by atoms with Crippen LogP contribution in [0.3, 0.4) is 0 Å². The molecule has 0 bridgehead atoms. The molecule has 3 heterocycles. The van der Waals surface area contributed by atoms with E-state index in [1.165, 1.54) is 0 Å². The maximum atomic E-state index is 12.3. The van der Waals surface area contributed by atoms with Gasteiger partial charge in [-0.25, -0.2) is 4.98 Å². The lowest BCUT2D eigenvalue weighted by molar-refractivity contribution is 0.0954. The summed E-state index contributed by atoms with van der Waals surface area (Å²) < 4.78 is 0.957. The van der Waals surface area contributed by atoms with Crippen LogP contribution in [0.1, 0.15) is 16.1 Å². The number of hydrogen-bond donors (Lipinski definition) is 4. The molecular weight excluding hydrogens is 370 g/mol. The summed E-state index contributed by atoms with van der Waals surface area (Å²) in [6, 6.07) is 11.5. The van der Waals surface area contributed by atoms with Gasteiger partial charge in [-0.1, -0.05) is 22.0 Å². The van der Waals surface area contributed by atoms with Crippen molar-refractivity contribution in [3.63, 3.8) is 0 Å². The van der Waals surface area contributed by atoms with Crippen molar-refractivity contribution >= 4 is 44.3 Å². The van der Waals surface area contributed by atoms with E-state index in [1.54, 1.807) is 6.20 Å². The molecule has 2 aromatic heterocycles. The number of hydrazine groups is 1. The van der Waals surface area contributed by atoms with Crippen LogP contribution in [0.2, 0.25) is 0 Å².